The van der Waals surface area contributed by atoms with Gasteiger partial charge in [0, 0.05) is 25.0 Å². The molecular weight excluding hydrogens is 302 g/mol. The number of ether oxygens (including phenoxy) is 1. The van der Waals surface area contributed by atoms with Crippen LogP contribution in [0.4, 0.5) is 17.5 Å². The van der Waals surface area contributed by atoms with E-state index in [-0.39, 0.29) is 12.2 Å². The molecule has 1 aliphatic rings. The van der Waals surface area contributed by atoms with Gasteiger partial charge in [0.2, 0.25) is 5.95 Å². The minimum Gasteiger partial charge on any atom is -0.372 e. The minimum atomic E-state index is 0.223. The second-order valence-electron chi connectivity index (χ2n) is 6.65. The van der Waals surface area contributed by atoms with Gasteiger partial charge < -0.3 is 15.0 Å². The van der Waals surface area contributed by atoms with Gasteiger partial charge in [0.05, 0.1) is 24.1 Å². The fourth-order valence-corrected chi connectivity index (χ4v) is 2.90. The van der Waals surface area contributed by atoms with Gasteiger partial charge in [0.15, 0.2) is 0 Å². The maximum absolute atomic E-state index is 5.77. The van der Waals surface area contributed by atoms with Crippen LogP contribution in [-0.2, 0) is 4.74 Å². The summed E-state index contributed by atoms with van der Waals surface area (Å²) < 4.78 is 5.77. The Morgan fingerprint density at radius 3 is 2.50 bits per heavy atom. The van der Waals surface area contributed by atoms with Crippen LogP contribution in [0.25, 0.3) is 0 Å². The molecule has 3 rings (SSSR count). The molecule has 3 heterocycles. The molecule has 128 valence electrons. The molecule has 0 saturated carbocycles. The molecule has 1 fully saturated rings. The Kier molecular flexibility index (Phi) is 4.94. The monoisotopic (exact) mass is 327 g/mol. The summed E-state index contributed by atoms with van der Waals surface area (Å²) in [4.78, 5) is 15.6. The van der Waals surface area contributed by atoms with Gasteiger partial charge in [-0.15, -0.1) is 0 Å². The van der Waals surface area contributed by atoms with Gasteiger partial charge in [-0.1, -0.05) is 13.8 Å². The quantitative estimate of drug-likeness (QED) is 0.929. The van der Waals surface area contributed by atoms with Crippen LogP contribution in [-0.4, -0.2) is 40.2 Å². The van der Waals surface area contributed by atoms with Crippen molar-refractivity contribution in [1.82, 2.24) is 15.0 Å². The van der Waals surface area contributed by atoms with E-state index in [1.54, 1.807) is 6.20 Å². The highest BCUT2D eigenvalue weighted by Crippen LogP contribution is 2.21. The fourth-order valence-electron chi connectivity index (χ4n) is 2.90. The summed E-state index contributed by atoms with van der Waals surface area (Å²) in [6.45, 7) is 10.2. The molecule has 0 spiro atoms. The van der Waals surface area contributed by atoms with E-state index in [4.69, 9.17) is 4.74 Å². The van der Waals surface area contributed by atoms with Crippen molar-refractivity contribution in [1.29, 1.82) is 0 Å². The highest BCUT2D eigenvalue weighted by Gasteiger charge is 2.22. The van der Waals surface area contributed by atoms with Gasteiger partial charge in [-0.25, -0.2) is 15.0 Å². The van der Waals surface area contributed by atoms with Crippen molar-refractivity contribution in [3.63, 3.8) is 0 Å². The number of morpholine rings is 1. The number of hydrogen-bond acceptors (Lipinski definition) is 6. The highest BCUT2D eigenvalue weighted by molar-refractivity contribution is 5.55. The molecule has 0 unspecified atom stereocenters. The summed E-state index contributed by atoms with van der Waals surface area (Å²) in [6.07, 6.45) is 4.05. The number of nitrogens with zero attached hydrogens (tertiary/aromatic N) is 4. The lowest BCUT2D eigenvalue weighted by molar-refractivity contribution is -0.00545. The van der Waals surface area contributed by atoms with E-state index in [1.165, 1.54) is 0 Å². The van der Waals surface area contributed by atoms with Gasteiger partial charge in [-0.05, 0) is 38.0 Å². The number of nitrogens with one attached hydrogen (secondary N) is 1. The van der Waals surface area contributed by atoms with Crippen molar-refractivity contribution in [2.45, 2.75) is 45.8 Å². The standard InChI is InChI=1S/C18H25N5O/c1-12(2)16-7-8-19-18(22-16)21-15-5-6-17(20-9-15)23-10-13(3)24-14(4)11-23/h5-9,12-14H,10-11H2,1-4H3,(H,19,21,22)/t13-,14+. The molecule has 0 amide bonds. The third-order valence-corrected chi connectivity index (χ3v) is 4.02. The Bertz CT molecular complexity index is 663. The summed E-state index contributed by atoms with van der Waals surface area (Å²) in [6, 6.07) is 5.98. The van der Waals surface area contributed by atoms with Crippen LogP contribution in [0.1, 0.15) is 39.3 Å². The first kappa shape index (κ1) is 16.6. The van der Waals surface area contributed by atoms with E-state index in [1.807, 2.05) is 24.4 Å². The largest absolute Gasteiger partial charge is 0.372 e. The molecule has 2 aromatic rings. The summed E-state index contributed by atoms with van der Waals surface area (Å²) in [5.74, 6) is 1.95. The summed E-state index contributed by atoms with van der Waals surface area (Å²) in [5, 5.41) is 3.22. The van der Waals surface area contributed by atoms with E-state index < -0.39 is 0 Å². The number of aromatic nitrogens is 3. The molecule has 2 atom stereocenters. The number of rotatable bonds is 4. The Morgan fingerprint density at radius 2 is 1.88 bits per heavy atom. The molecule has 0 bridgehead atoms. The third kappa shape index (κ3) is 4.00. The Labute approximate surface area is 143 Å². The lowest BCUT2D eigenvalue weighted by Gasteiger charge is -2.36. The number of anilines is 3. The zero-order valence-corrected chi connectivity index (χ0v) is 14.7. The number of pyridine rings is 1. The van der Waals surface area contributed by atoms with Crippen molar-refractivity contribution >= 4 is 17.5 Å². The van der Waals surface area contributed by atoms with Crippen molar-refractivity contribution in [2.75, 3.05) is 23.3 Å². The van der Waals surface area contributed by atoms with Gasteiger partial charge in [-0.2, -0.15) is 0 Å². The molecule has 0 aromatic carbocycles. The molecule has 0 aliphatic carbocycles. The van der Waals surface area contributed by atoms with Crippen molar-refractivity contribution in [2.24, 2.45) is 0 Å². The van der Waals surface area contributed by atoms with Crippen LogP contribution in [0.5, 0.6) is 0 Å². The van der Waals surface area contributed by atoms with E-state index in [0.29, 0.717) is 11.9 Å². The Hall–Kier alpha value is -2.21. The van der Waals surface area contributed by atoms with Crippen LogP contribution in [0.3, 0.4) is 0 Å². The van der Waals surface area contributed by atoms with Gasteiger partial charge in [0.25, 0.3) is 0 Å². The number of hydrogen-bond donors (Lipinski definition) is 1. The predicted octanol–water partition coefficient (Wildman–Crippen LogP) is 3.35. The van der Waals surface area contributed by atoms with E-state index in [9.17, 15) is 0 Å². The minimum absolute atomic E-state index is 0.223. The zero-order valence-electron chi connectivity index (χ0n) is 14.7. The third-order valence-electron chi connectivity index (χ3n) is 4.02. The molecule has 0 radical (unpaired) electrons. The smallest absolute Gasteiger partial charge is 0.227 e. The van der Waals surface area contributed by atoms with E-state index in [2.05, 4.69) is 52.9 Å². The van der Waals surface area contributed by atoms with E-state index >= 15 is 0 Å². The average molecular weight is 327 g/mol. The Morgan fingerprint density at radius 1 is 1.12 bits per heavy atom. The molecule has 24 heavy (non-hydrogen) atoms. The SMILES string of the molecule is CC(C)c1ccnc(Nc2ccc(N3C[C@@H](C)O[C@@H](C)C3)nc2)n1. The molecule has 1 aliphatic heterocycles. The normalized spacial score (nSPS) is 21.1. The molecule has 6 heteroatoms. The Balaban J connectivity index is 1.69. The van der Waals surface area contributed by atoms with Gasteiger partial charge in [0.1, 0.15) is 5.82 Å². The molecular formula is C18H25N5O. The highest BCUT2D eigenvalue weighted by atomic mass is 16.5. The van der Waals surface area contributed by atoms with Crippen LogP contribution < -0.4 is 10.2 Å². The maximum atomic E-state index is 5.77. The summed E-state index contributed by atoms with van der Waals surface area (Å²) in [5.41, 5.74) is 1.90. The second kappa shape index (κ2) is 7.13. The van der Waals surface area contributed by atoms with Crippen LogP contribution in [0.15, 0.2) is 30.6 Å². The average Bonchev–Trinajstić information content (AvgIpc) is 2.55. The van der Waals surface area contributed by atoms with Crippen LogP contribution >= 0.6 is 0 Å². The van der Waals surface area contributed by atoms with Gasteiger partial charge >= 0.3 is 0 Å². The first-order chi connectivity index (χ1) is 11.5. The van der Waals surface area contributed by atoms with Crippen molar-refractivity contribution in [3.8, 4) is 0 Å². The zero-order chi connectivity index (χ0) is 17.1. The first-order valence-electron chi connectivity index (χ1n) is 8.47. The fraction of sp³-hybridized carbons (Fsp3) is 0.500. The van der Waals surface area contributed by atoms with Crippen LogP contribution in [0.2, 0.25) is 0 Å². The molecule has 1 saturated heterocycles. The summed E-state index contributed by atoms with van der Waals surface area (Å²) >= 11 is 0. The van der Waals surface area contributed by atoms with Crippen molar-refractivity contribution in [3.05, 3.63) is 36.3 Å². The summed E-state index contributed by atoms with van der Waals surface area (Å²) in [7, 11) is 0. The molecule has 6 nitrogen and oxygen atoms in total. The lowest BCUT2D eigenvalue weighted by Crippen LogP contribution is -2.45. The van der Waals surface area contributed by atoms with Crippen molar-refractivity contribution < 1.29 is 4.74 Å². The lowest BCUT2D eigenvalue weighted by atomic mass is 10.1. The molecule has 1 N–H and O–H groups in total. The van der Waals surface area contributed by atoms with Gasteiger partial charge in [-0.3, -0.25) is 0 Å². The van der Waals surface area contributed by atoms with E-state index in [0.717, 1.165) is 30.3 Å². The van der Waals surface area contributed by atoms with Crippen LogP contribution in [0, 0.1) is 0 Å². The topological polar surface area (TPSA) is 63.2 Å². The first-order valence-corrected chi connectivity index (χ1v) is 8.47. The second-order valence-corrected chi connectivity index (χ2v) is 6.65. The predicted molar refractivity (Wildman–Crippen MR) is 95.9 cm³/mol. The molecule has 2 aromatic heterocycles. The maximum Gasteiger partial charge on any atom is 0.227 e.